The van der Waals surface area contributed by atoms with E-state index in [2.05, 4.69) is 9.97 Å². The first-order valence-electron chi connectivity index (χ1n) is 10.2. The van der Waals surface area contributed by atoms with E-state index in [0.717, 1.165) is 39.2 Å². The Morgan fingerprint density at radius 1 is 1.06 bits per heavy atom. The van der Waals surface area contributed by atoms with Crippen LogP contribution in [0.25, 0.3) is 38.6 Å². The standard InChI is InChI=1S/C23H19N5O2S/c1-27(2)19-18-20(25-22(31-18)13-10-11-13)28(23(29)26-19)15-7-5-6-14(12-15)21-24-16-8-3-4-9-17(16)30-21/h3-9,12-13H,10-11H2,1-2H3. The van der Waals surface area contributed by atoms with Crippen LogP contribution in [0.1, 0.15) is 23.8 Å². The summed E-state index contributed by atoms with van der Waals surface area (Å²) < 4.78 is 8.45. The largest absolute Gasteiger partial charge is 0.436 e. The summed E-state index contributed by atoms with van der Waals surface area (Å²) in [5.74, 6) is 1.68. The first kappa shape index (κ1) is 18.3. The molecule has 0 bridgehead atoms. The summed E-state index contributed by atoms with van der Waals surface area (Å²) in [5.41, 5.74) is 3.33. The fourth-order valence-corrected chi connectivity index (χ4v) is 5.01. The van der Waals surface area contributed by atoms with Crippen molar-refractivity contribution in [2.24, 2.45) is 0 Å². The van der Waals surface area contributed by atoms with Gasteiger partial charge in [-0.1, -0.05) is 18.2 Å². The van der Waals surface area contributed by atoms with Crippen molar-refractivity contribution in [1.29, 1.82) is 0 Å². The van der Waals surface area contributed by atoms with Gasteiger partial charge in [0.15, 0.2) is 17.0 Å². The molecule has 0 unspecified atom stereocenters. The van der Waals surface area contributed by atoms with Gasteiger partial charge >= 0.3 is 5.69 Å². The Hall–Kier alpha value is -3.52. The molecule has 0 N–H and O–H groups in total. The third-order valence-electron chi connectivity index (χ3n) is 5.43. The molecule has 2 aromatic carbocycles. The van der Waals surface area contributed by atoms with Crippen LogP contribution >= 0.6 is 11.3 Å². The molecule has 1 fully saturated rings. The summed E-state index contributed by atoms with van der Waals surface area (Å²) >= 11 is 1.64. The molecule has 0 atom stereocenters. The summed E-state index contributed by atoms with van der Waals surface area (Å²) in [5, 5.41) is 1.08. The van der Waals surface area contributed by atoms with E-state index in [-0.39, 0.29) is 5.69 Å². The highest BCUT2D eigenvalue weighted by Gasteiger charge is 2.29. The Morgan fingerprint density at radius 3 is 2.68 bits per heavy atom. The van der Waals surface area contributed by atoms with Crippen molar-refractivity contribution in [3.05, 3.63) is 64.0 Å². The van der Waals surface area contributed by atoms with Gasteiger partial charge in [-0.05, 0) is 43.2 Å². The van der Waals surface area contributed by atoms with Gasteiger partial charge in [0.05, 0.1) is 10.7 Å². The van der Waals surface area contributed by atoms with E-state index < -0.39 is 0 Å². The average molecular weight is 430 g/mol. The van der Waals surface area contributed by atoms with Gasteiger partial charge in [-0.25, -0.2) is 19.3 Å². The second kappa shape index (κ2) is 6.75. The van der Waals surface area contributed by atoms with Crippen molar-refractivity contribution in [3.8, 4) is 17.1 Å². The van der Waals surface area contributed by atoms with Gasteiger partial charge < -0.3 is 9.32 Å². The topological polar surface area (TPSA) is 77.0 Å². The lowest BCUT2D eigenvalue weighted by Crippen LogP contribution is -2.25. The summed E-state index contributed by atoms with van der Waals surface area (Å²) in [7, 11) is 3.80. The maximum absolute atomic E-state index is 13.1. The van der Waals surface area contributed by atoms with Crippen molar-refractivity contribution in [1.82, 2.24) is 19.5 Å². The van der Waals surface area contributed by atoms with Gasteiger partial charge in [0, 0.05) is 25.6 Å². The van der Waals surface area contributed by atoms with Crippen LogP contribution in [-0.4, -0.2) is 33.6 Å². The Morgan fingerprint density at radius 2 is 1.90 bits per heavy atom. The monoisotopic (exact) mass is 429 g/mol. The maximum Gasteiger partial charge on any atom is 0.355 e. The van der Waals surface area contributed by atoms with Gasteiger partial charge in [0.2, 0.25) is 5.89 Å². The van der Waals surface area contributed by atoms with E-state index in [1.165, 1.54) is 0 Å². The first-order valence-corrected chi connectivity index (χ1v) is 11.0. The first-order chi connectivity index (χ1) is 15.1. The molecule has 0 radical (unpaired) electrons. The number of aromatic nitrogens is 4. The molecule has 7 nitrogen and oxygen atoms in total. The van der Waals surface area contributed by atoms with Crippen molar-refractivity contribution >= 4 is 38.6 Å². The lowest BCUT2D eigenvalue weighted by atomic mass is 10.2. The van der Waals surface area contributed by atoms with Crippen LogP contribution < -0.4 is 10.6 Å². The highest BCUT2D eigenvalue weighted by atomic mass is 32.1. The van der Waals surface area contributed by atoms with Gasteiger partial charge in [-0.2, -0.15) is 4.98 Å². The van der Waals surface area contributed by atoms with Crippen LogP contribution in [-0.2, 0) is 0 Å². The van der Waals surface area contributed by atoms with E-state index in [0.29, 0.717) is 29.0 Å². The number of para-hydroxylation sites is 2. The quantitative estimate of drug-likeness (QED) is 0.416. The molecule has 8 heteroatoms. The maximum atomic E-state index is 13.1. The number of hydrogen-bond donors (Lipinski definition) is 0. The van der Waals surface area contributed by atoms with E-state index >= 15 is 0 Å². The van der Waals surface area contributed by atoms with Gasteiger partial charge in [-0.3, -0.25) is 0 Å². The van der Waals surface area contributed by atoms with Gasteiger partial charge in [0.25, 0.3) is 0 Å². The molecule has 154 valence electrons. The number of anilines is 1. The molecule has 0 saturated heterocycles. The number of nitrogens with zero attached hydrogens (tertiary/aromatic N) is 5. The molecule has 0 amide bonds. The molecule has 0 aliphatic heterocycles. The van der Waals surface area contributed by atoms with Crippen LogP contribution in [0.15, 0.2) is 57.7 Å². The van der Waals surface area contributed by atoms with Crippen molar-refractivity contribution in [3.63, 3.8) is 0 Å². The minimum absolute atomic E-state index is 0.349. The predicted octanol–water partition coefficient (Wildman–Crippen LogP) is 4.59. The van der Waals surface area contributed by atoms with Gasteiger partial charge in [0.1, 0.15) is 10.2 Å². The molecule has 1 aliphatic carbocycles. The molecule has 3 heterocycles. The Labute approximate surface area is 181 Å². The van der Waals surface area contributed by atoms with Crippen LogP contribution in [0.2, 0.25) is 0 Å². The van der Waals surface area contributed by atoms with Crippen LogP contribution in [0.3, 0.4) is 0 Å². The van der Waals surface area contributed by atoms with Crippen LogP contribution in [0.5, 0.6) is 0 Å². The zero-order valence-electron chi connectivity index (χ0n) is 17.1. The molecule has 6 rings (SSSR count). The van der Waals surface area contributed by atoms with E-state index in [1.807, 2.05) is 67.5 Å². The zero-order valence-corrected chi connectivity index (χ0v) is 17.9. The molecule has 1 aliphatic rings. The summed E-state index contributed by atoms with van der Waals surface area (Å²) in [4.78, 5) is 28.8. The normalized spacial score (nSPS) is 13.9. The third-order valence-corrected chi connectivity index (χ3v) is 6.63. The fraction of sp³-hybridized carbons (Fsp3) is 0.217. The molecular weight excluding hydrogens is 410 g/mol. The van der Waals surface area contributed by atoms with Gasteiger partial charge in [-0.15, -0.1) is 11.3 Å². The molecular formula is C23H19N5O2S. The number of fused-ring (bicyclic) bond motifs is 2. The van der Waals surface area contributed by atoms with Crippen molar-refractivity contribution in [2.75, 3.05) is 19.0 Å². The van der Waals surface area contributed by atoms with E-state index in [9.17, 15) is 4.79 Å². The zero-order chi connectivity index (χ0) is 21.1. The number of benzene rings is 2. The summed E-state index contributed by atoms with van der Waals surface area (Å²) in [6.45, 7) is 0. The molecule has 3 aromatic heterocycles. The molecule has 5 aromatic rings. The second-order valence-corrected chi connectivity index (χ2v) is 8.99. The minimum atomic E-state index is -0.349. The second-order valence-electron chi connectivity index (χ2n) is 7.96. The fourth-order valence-electron chi connectivity index (χ4n) is 3.72. The van der Waals surface area contributed by atoms with Crippen molar-refractivity contribution in [2.45, 2.75) is 18.8 Å². The highest BCUT2D eigenvalue weighted by Crippen LogP contribution is 2.44. The molecule has 0 spiro atoms. The molecule has 31 heavy (non-hydrogen) atoms. The summed E-state index contributed by atoms with van der Waals surface area (Å²) in [6.07, 6.45) is 2.31. The minimum Gasteiger partial charge on any atom is -0.436 e. The third kappa shape index (κ3) is 3.02. The smallest absolute Gasteiger partial charge is 0.355 e. The molecule has 1 saturated carbocycles. The highest BCUT2D eigenvalue weighted by molar-refractivity contribution is 7.19. The number of hydrogen-bond acceptors (Lipinski definition) is 7. The number of oxazole rings is 1. The predicted molar refractivity (Wildman–Crippen MR) is 122 cm³/mol. The number of thiazole rings is 1. The van der Waals surface area contributed by atoms with E-state index in [1.54, 1.807) is 15.9 Å². The number of rotatable bonds is 4. The lowest BCUT2D eigenvalue weighted by molar-refractivity contribution is 0.620. The Bertz CT molecular complexity index is 1480. The van der Waals surface area contributed by atoms with Crippen LogP contribution in [0, 0.1) is 0 Å². The Balaban J connectivity index is 1.55. The van der Waals surface area contributed by atoms with Crippen LogP contribution in [0.4, 0.5) is 5.82 Å². The lowest BCUT2D eigenvalue weighted by Gasteiger charge is -2.14. The average Bonchev–Trinajstić information content (AvgIpc) is 3.38. The van der Waals surface area contributed by atoms with E-state index in [4.69, 9.17) is 9.40 Å². The SMILES string of the molecule is CN(C)c1nc(=O)n(-c2cccc(-c3nc4ccccc4o3)c2)c2nc(C3CC3)sc12. The van der Waals surface area contributed by atoms with Crippen molar-refractivity contribution < 1.29 is 4.42 Å². The summed E-state index contributed by atoms with van der Waals surface area (Å²) in [6, 6.07) is 15.3. The Kier molecular flexibility index (Phi) is 3.97.